The maximum absolute atomic E-state index is 4.62. The molecule has 2 N–H and O–H groups in total. The highest BCUT2D eigenvalue weighted by Crippen LogP contribution is 2.17. The summed E-state index contributed by atoms with van der Waals surface area (Å²) in [6.45, 7) is 5.62. The van der Waals surface area contributed by atoms with Gasteiger partial charge in [-0.05, 0) is 38.8 Å². The SMILES string of the molecule is CCNC(=NCc1cccc(C)n1)NC1CCCC1.I. The van der Waals surface area contributed by atoms with Gasteiger partial charge in [0, 0.05) is 18.3 Å². The second-order valence-corrected chi connectivity index (χ2v) is 5.09. The van der Waals surface area contributed by atoms with Crippen molar-refractivity contribution in [3.05, 3.63) is 29.6 Å². The molecule has 0 unspecified atom stereocenters. The summed E-state index contributed by atoms with van der Waals surface area (Å²) in [5.41, 5.74) is 2.06. The van der Waals surface area contributed by atoms with Gasteiger partial charge in [-0.15, -0.1) is 24.0 Å². The van der Waals surface area contributed by atoms with E-state index in [0.29, 0.717) is 12.6 Å². The predicted molar refractivity (Wildman–Crippen MR) is 94.6 cm³/mol. The van der Waals surface area contributed by atoms with Crippen LogP contribution in [0.5, 0.6) is 0 Å². The Morgan fingerprint density at radius 2 is 2.10 bits per heavy atom. The third-order valence-corrected chi connectivity index (χ3v) is 3.39. The second-order valence-electron chi connectivity index (χ2n) is 5.09. The van der Waals surface area contributed by atoms with Crippen molar-refractivity contribution in [1.82, 2.24) is 15.6 Å². The molecular weight excluding hydrogens is 363 g/mol. The Kier molecular flexibility index (Phi) is 7.87. The van der Waals surface area contributed by atoms with Crippen LogP contribution < -0.4 is 10.6 Å². The molecule has 1 aromatic heterocycles. The Morgan fingerprint density at radius 3 is 2.75 bits per heavy atom. The molecule has 2 rings (SSSR count). The van der Waals surface area contributed by atoms with Gasteiger partial charge in [0.05, 0.1) is 12.2 Å². The molecular formula is C15H25IN4. The van der Waals surface area contributed by atoms with Crippen molar-refractivity contribution in [2.75, 3.05) is 6.54 Å². The molecule has 1 aliphatic carbocycles. The molecule has 4 nitrogen and oxygen atoms in total. The molecule has 112 valence electrons. The van der Waals surface area contributed by atoms with E-state index in [2.05, 4.69) is 27.5 Å². The minimum atomic E-state index is 0. The van der Waals surface area contributed by atoms with E-state index < -0.39 is 0 Å². The van der Waals surface area contributed by atoms with E-state index in [4.69, 9.17) is 0 Å². The number of rotatable bonds is 4. The molecule has 1 heterocycles. The van der Waals surface area contributed by atoms with Gasteiger partial charge < -0.3 is 10.6 Å². The van der Waals surface area contributed by atoms with Crippen molar-refractivity contribution in [3.8, 4) is 0 Å². The zero-order valence-electron chi connectivity index (χ0n) is 12.4. The fourth-order valence-electron chi connectivity index (χ4n) is 2.43. The zero-order chi connectivity index (χ0) is 13.5. The standard InChI is InChI=1S/C15H24N4.HI/c1-3-16-15(19-13-8-4-5-9-13)17-11-14-10-6-7-12(2)18-14;/h6-7,10,13H,3-5,8-9,11H2,1-2H3,(H2,16,17,19);1H. The van der Waals surface area contributed by atoms with Crippen LogP contribution in [0.25, 0.3) is 0 Å². The van der Waals surface area contributed by atoms with Crippen LogP contribution >= 0.6 is 24.0 Å². The molecule has 0 aliphatic heterocycles. The van der Waals surface area contributed by atoms with Gasteiger partial charge in [-0.3, -0.25) is 4.98 Å². The van der Waals surface area contributed by atoms with Crippen LogP contribution in [0, 0.1) is 6.92 Å². The Hall–Kier alpha value is -0.850. The molecule has 1 saturated carbocycles. The highest BCUT2D eigenvalue weighted by molar-refractivity contribution is 14.0. The van der Waals surface area contributed by atoms with Gasteiger partial charge >= 0.3 is 0 Å². The summed E-state index contributed by atoms with van der Waals surface area (Å²) in [4.78, 5) is 9.09. The lowest BCUT2D eigenvalue weighted by Gasteiger charge is -2.16. The summed E-state index contributed by atoms with van der Waals surface area (Å²) in [6.07, 6.45) is 5.17. The molecule has 1 aliphatic rings. The van der Waals surface area contributed by atoms with Crippen LogP contribution in [-0.2, 0) is 6.54 Å². The van der Waals surface area contributed by atoms with Gasteiger partial charge in [0.25, 0.3) is 0 Å². The number of nitrogens with zero attached hydrogens (tertiary/aromatic N) is 2. The third-order valence-electron chi connectivity index (χ3n) is 3.39. The van der Waals surface area contributed by atoms with Crippen LogP contribution in [0.3, 0.4) is 0 Å². The Morgan fingerprint density at radius 1 is 1.35 bits per heavy atom. The molecule has 1 fully saturated rings. The van der Waals surface area contributed by atoms with E-state index in [-0.39, 0.29) is 24.0 Å². The smallest absolute Gasteiger partial charge is 0.191 e. The molecule has 0 atom stereocenters. The van der Waals surface area contributed by atoms with Crippen molar-refractivity contribution < 1.29 is 0 Å². The highest BCUT2D eigenvalue weighted by Gasteiger charge is 2.15. The van der Waals surface area contributed by atoms with Gasteiger partial charge in [0.1, 0.15) is 0 Å². The fourth-order valence-corrected chi connectivity index (χ4v) is 2.43. The van der Waals surface area contributed by atoms with E-state index in [1.165, 1.54) is 25.7 Å². The van der Waals surface area contributed by atoms with E-state index in [9.17, 15) is 0 Å². The van der Waals surface area contributed by atoms with E-state index in [1.54, 1.807) is 0 Å². The zero-order valence-corrected chi connectivity index (χ0v) is 14.7. The number of pyridine rings is 1. The number of aliphatic imine (C=N–C) groups is 1. The largest absolute Gasteiger partial charge is 0.357 e. The number of aryl methyl sites for hydroxylation is 1. The van der Waals surface area contributed by atoms with Crippen molar-refractivity contribution in [3.63, 3.8) is 0 Å². The minimum absolute atomic E-state index is 0. The Labute approximate surface area is 138 Å². The van der Waals surface area contributed by atoms with Crippen LogP contribution in [-0.4, -0.2) is 23.5 Å². The third kappa shape index (κ3) is 5.64. The summed E-state index contributed by atoms with van der Waals surface area (Å²) < 4.78 is 0. The van der Waals surface area contributed by atoms with Gasteiger partial charge in [-0.25, -0.2) is 4.99 Å². The van der Waals surface area contributed by atoms with Gasteiger partial charge in [-0.1, -0.05) is 18.9 Å². The molecule has 20 heavy (non-hydrogen) atoms. The van der Waals surface area contributed by atoms with Crippen LogP contribution in [0.1, 0.15) is 44.0 Å². The molecule has 0 spiro atoms. The molecule has 0 bridgehead atoms. The number of hydrogen-bond acceptors (Lipinski definition) is 2. The molecule has 0 amide bonds. The van der Waals surface area contributed by atoms with Gasteiger partial charge in [-0.2, -0.15) is 0 Å². The topological polar surface area (TPSA) is 49.3 Å². The van der Waals surface area contributed by atoms with Gasteiger partial charge in [0.15, 0.2) is 5.96 Å². The van der Waals surface area contributed by atoms with Crippen molar-refractivity contribution >= 4 is 29.9 Å². The summed E-state index contributed by atoms with van der Waals surface area (Å²) >= 11 is 0. The quantitative estimate of drug-likeness (QED) is 0.474. The summed E-state index contributed by atoms with van der Waals surface area (Å²) in [5, 5.41) is 6.82. The normalized spacial score (nSPS) is 15.8. The van der Waals surface area contributed by atoms with Gasteiger partial charge in [0.2, 0.25) is 0 Å². The first-order valence-electron chi connectivity index (χ1n) is 7.25. The Balaban J connectivity index is 0.00000200. The summed E-state index contributed by atoms with van der Waals surface area (Å²) in [6, 6.07) is 6.65. The second kappa shape index (κ2) is 9.15. The summed E-state index contributed by atoms with van der Waals surface area (Å²) in [5.74, 6) is 0.915. The molecule has 1 aromatic rings. The number of guanidine groups is 1. The maximum atomic E-state index is 4.62. The number of aromatic nitrogens is 1. The fraction of sp³-hybridized carbons (Fsp3) is 0.600. The molecule has 0 saturated heterocycles. The van der Waals surface area contributed by atoms with Crippen LogP contribution in [0.15, 0.2) is 23.2 Å². The summed E-state index contributed by atoms with van der Waals surface area (Å²) in [7, 11) is 0. The van der Waals surface area contributed by atoms with E-state index >= 15 is 0 Å². The number of nitrogens with one attached hydrogen (secondary N) is 2. The average Bonchev–Trinajstić information content (AvgIpc) is 2.89. The highest BCUT2D eigenvalue weighted by atomic mass is 127. The number of halogens is 1. The average molecular weight is 388 g/mol. The lowest BCUT2D eigenvalue weighted by molar-refractivity contribution is 0.613. The van der Waals surface area contributed by atoms with Crippen LogP contribution in [0.4, 0.5) is 0 Å². The first kappa shape index (κ1) is 17.2. The molecule has 5 heteroatoms. The predicted octanol–water partition coefficient (Wildman–Crippen LogP) is 3.01. The van der Waals surface area contributed by atoms with Crippen molar-refractivity contribution in [2.24, 2.45) is 4.99 Å². The number of hydrogen-bond donors (Lipinski definition) is 2. The minimum Gasteiger partial charge on any atom is -0.357 e. The first-order chi connectivity index (χ1) is 9.28. The first-order valence-corrected chi connectivity index (χ1v) is 7.25. The molecule has 0 aromatic carbocycles. The lowest BCUT2D eigenvalue weighted by atomic mass is 10.2. The lowest BCUT2D eigenvalue weighted by Crippen LogP contribution is -2.42. The van der Waals surface area contributed by atoms with Crippen molar-refractivity contribution in [1.29, 1.82) is 0 Å². The Bertz CT molecular complexity index is 428. The monoisotopic (exact) mass is 388 g/mol. The van der Waals surface area contributed by atoms with Crippen molar-refractivity contribution in [2.45, 2.75) is 52.1 Å². The molecule has 0 radical (unpaired) electrons. The van der Waals surface area contributed by atoms with E-state index in [0.717, 1.165) is 23.9 Å². The maximum Gasteiger partial charge on any atom is 0.191 e. The van der Waals surface area contributed by atoms with E-state index in [1.807, 2.05) is 25.1 Å². The van der Waals surface area contributed by atoms with Crippen LogP contribution in [0.2, 0.25) is 0 Å².